The van der Waals surface area contributed by atoms with Crippen LogP contribution in [0.5, 0.6) is 17.2 Å². The molecule has 3 aromatic rings. The van der Waals surface area contributed by atoms with Crippen molar-refractivity contribution < 1.29 is 19.0 Å². The third-order valence-electron chi connectivity index (χ3n) is 4.20. The lowest BCUT2D eigenvalue weighted by atomic mass is 10.1. The minimum atomic E-state index is -0.539. The van der Waals surface area contributed by atoms with Crippen molar-refractivity contribution >= 4 is 40.1 Å². The molecule has 164 valence electrons. The van der Waals surface area contributed by atoms with Crippen LogP contribution in [0.15, 0.2) is 53.5 Å². The summed E-state index contributed by atoms with van der Waals surface area (Å²) in [5.74, 6) is 1.22. The second kappa shape index (κ2) is 11.2. The van der Waals surface area contributed by atoms with Crippen molar-refractivity contribution in [2.75, 3.05) is 25.6 Å². The van der Waals surface area contributed by atoms with Crippen LogP contribution in [0.25, 0.3) is 6.08 Å². The van der Waals surface area contributed by atoms with Crippen LogP contribution in [0.3, 0.4) is 0 Å². The zero-order chi connectivity index (χ0) is 22.9. The second-order valence-electron chi connectivity index (χ2n) is 6.50. The van der Waals surface area contributed by atoms with E-state index in [4.69, 9.17) is 25.8 Å². The lowest BCUT2D eigenvalue weighted by Crippen LogP contribution is -2.13. The first-order valence-electron chi connectivity index (χ1n) is 9.52. The third kappa shape index (κ3) is 6.23. The summed E-state index contributed by atoms with van der Waals surface area (Å²) in [5.41, 5.74) is 1.60. The molecule has 32 heavy (non-hydrogen) atoms. The summed E-state index contributed by atoms with van der Waals surface area (Å²) in [4.78, 5) is 16.2. The number of hydrogen-bond donors (Lipinski definition) is 1. The van der Waals surface area contributed by atoms with E-state index in [0.717, 1.165) is 5.56 Å². The zero-order valence-electron chi connectivity index (χ0n) is 17.4. The van der Waals surface area contributed by atoms with E-state index in [1.165, 1.54) is 17.4 Å². The summed E-state index contributed by atoms with van der Waals surface area (Å²) in [5, 5.41) is 14.4. The van der Waals surface area contributed by atoms with Crippen LogP contribution >= 0.6 is 22.9 Å². The van der Waals surface area contributed by atoms with Gasteiger partial charge in [-0.3, -0.25) is 10.1 Å². The highest BCUT2D eigenvalue weighted by Gasteiger charge is 2.12. The molecule has 3 rings (SSSR count). The molecule has 0 radical (unpaired) electrons. The molecule has 9 heteroatoms. The standard InChI is InChI=1S/C23H20ClN3O4S/c1-15-3-5-20(21(11-15)29-2)31-9-8-30-19-6-4-16(13-18(19)24)12-17(14-25)22(28)27-23-26-7-10-32-23/h3-7,10-13H,8-9H2,1-2H3,(H,26,27,28)/b17-12-. The van der Waals surface area contributed by atoms with Gasteiger partial charge < -0.3 is 14.2 Å². The molecule has 1 heterocycles. The summed E-state index contributed by atoms with van der Waals surface area (Å²) in [7, 11) is 1.59. The number of nitrogens with zero attached hydrogens (tertiary/aromatic N) is 2. The van der Waals surface area contributed by atoms with Gasteiger partial charge in [-0.2, -0.15) is 5.26 Å². The molecule has 1 N–H and O–H groups in total. The molecule has 1 aromatic heterocycles. The Labute approximate surface area is 194 Å². The fraction of sp³-hybridized carbons (Fsp3) is 0.174. The summed E-state index contributed by atoms with van der Waals surface area (Å²) in [6.45, 7) is 2.54. The highest BCUT2D eigenvalue weighted by atomic mass is 35.5. The maximum Gasteiger partial charge on any atom is 0.268 e. The Morgan fingerprint density at radius 2 is 1.94 bits per heavy atom. The minimum absolute atomic E-state index is 0.0645. The summed E-state index contributed by atoms with van der Waals surface area (Å²) >= 11 is 7.57. The smallest absolute Gasteiger partial charge is 0.268 e. The van der Waals surface area contributed by atoms with Crippen LogP contribution in [0, 0.1) is 18.3 Å². The first kappa shape index (κ1) is 23.1. The molecule has 0 unspecified atom stereocenters. The van der Waals surface area contributed by atoms with Crippen LogP contribution in [-0.2, 0) is 4.79 Å². The Balaban J connectivity index is 1.58. The number of benzene rings is 2. The first-order chi connectivity index (χ1) is 15.5. The molecule has 1 amide bonds. The van der Waals surface area contributed by atoms with Gasteiger partial charge in [-0.05, 0) is 48.4 Å². The predicted molar refractivity (Wildman–Crippen MR) is 125 cm³/mol. The van der Waals surface area contributed by atoms with E-state index < -0.39 is 5.91 Å². The molecule has 0 saturated heterocycles. The number of methoxy groups -OCH3 is 1. The summed E-state index contributed by atoms with van der Waals surface area (Å²) in [6.07, 6.45) is 3.02. The molecular formula is C23H20ClN3O4S. The molecule has 0 spiro atoms. The van der Waals surface area contributed by atoms with Crippen molar-refractivity contribution in [1.29, 1.82) is 5.26 Å². The van der Waals surface area contributed by atoms with E-state index in [9.17, 15) is 10.1 Å². The van der Waals surface area contributed by atoms with Crippen molar-refractivity contribution in [2.24, 2.45) is 0 Å². The van der Waals surface area contributed by atoms with Gasteiger partial charge in [0.15, 0.2) is 16.6 Å². The maximum atomic E-state index is 12.2. The number of nitriles is 1. The van der Waals surface area contributed by atoms with E-state index in [1.54, 1.807) is 36.9 Å². The second-order valence-corrected chi connectivity index (χ2v) is 7.80. The van der Waals surface area contributed by atoms with Crippen molar-refractivity contribution in [3.63, 3.8) is 0 Å². The number of aryl methyl sites for hydroxylation is 1. The zero-order valence-corrected chi connectivity index (χ0v) is 19.0. The number of hydrogen-bond acceptors (Lipinski definition) is 7. The third-order valence-corrected chi connectivity index (χ3v) is 5.19. The number of nitrogens with one attached hydrogen (secondary N) is 1. The number of anilines is 1. The number of ether oxygens (including phenoxy) is 3. The molecular weight excluding hydrogens is 450 g/mol. The average Bonchev–Trinajstić information content (AvgIpc) is 3.29. The van der Waals surface area contributed by atoms with Crippen molar-refractivity contribution in [2.45, 2.75) is 6.92 Å². The van der Waals surface area contributed by atoms with Gasteiger partial charge in [0.2, 0.25) is 0 Å². The van der Waals surface area contributed by atoms with Crippen LogP contribution < -0.4 is 19.5 Å². The van der Waals surface area contributed by atoms with Gasteiger partial charge in [0.05, 0.1) is 12.1 Å². The fourth-order valence-electron chi connectivity index (χ4n) is 2.69. The molecule has 0 aliphatic carbocycles. The van der Waals surface area contributed by atoms with Crippen LogP contribution in [0.4, 0.5) is 5.13 Å². The van der Waals surface area contributed by atoms with Gasteiger partial charge in [-0.25, -0.2) is 4.98 Å². The molecule has 0 atom stereocenters. The Morgan fingerprint density at radius 1 is 1.19 bits per heavy atom. The van der Waals surface area contributed by atoms with Gasteiger partial charge in [0.25, 0.3) is 5.91 Å². The number of carbonyl (C=O) groups is 1. The van der Waals surface area contributed by atoms with Crippen molar-refractivity contribution in [1.82, 2.24) is 4.98 Å². The monoisotopic (exact) mass is 469 g/mol. The van der Waals surface area contributed by atoms with Crippen LogP contribution in [-0.4, -0.2) is 31.2 Å². The normalized spacial score (nSPS) is 10.9. The number of halogens is 1. The van der Waals surface area contributed by atoms with E-state index in [0.29, 0.717) is 39.6 Å². The summed E-state index contributed by atoms with van der Waals surface area (Å²) in [6, 6.07) is 12.6. The first-order valence-corrected chi connectivity index (χ1v) is 10.8. The van der Waals surface area contributed by atoms with E-state index in [-0.39, 0.29) is 12.2 Å². The Hall–Kier alpha value is -3.54. The van der Waals surface area contributed by atoms with Gasteiger partial charge in [-0.1, -0.05) is 23.7 Å². The number of rotatable bonds is 9. The SMILES string of the molecule is COc1cc(C)ccc1OCCOc1ccc(/C=C(/C#N)C(=O)Nc2nccs2)cc1Cl. The number of thiazole rings is 1. The molecule has 0 aliphatic heterocycles. The number of aromatic nitrogens is 1. The minimum Gasteiger partial charge on any atom is -0.493 e. The maximum absolute atomic E-state index is 12.2. The molecule has 0 fully saturated rings. The predicted octanol–water partition coefficient (Wildman–Crippen LogP) is 5.12. The number of carbonyl (C=O) groups excluding carboxylic acids is 1. The highest BCUT2D eigenvalue weighted by Crippen LogP contribution is 2.29. The fourth-order valence-corrected chi connectivity index (χ4v) is 3.45. The van der Waals surface area contributed by atoms with E-state index >= 15 is 0 Å². The van der Waals surface area contributed by atoms with Crippen LogP contribution in [0.2, 0.25) is 5.02 Å². The van der Waals surface area contributed by atoms with Gasteiger partial charge in [0, 0.05) is 11.6 Å². The molecule has 0 bridgehead atoms. The van der Waals surface area contributed by atoms with Gasteiger partial charge >= 0.3 is 0 Å². The molecule has 0 aliphatic rings. The molecule has 7 nitrogen and oxygen atoms in total. The Morgan fingerprint density at radius 3 is 2.59 bits per heavy atom. The largest absolute Gasteiger partial charge is 0.493 e. The quantitative estimate of drug-likeness (QED) is 0.265. The Kier molecular flexibility index (Phi) is 8.08. The molecule has 2 aromatic carbocycles. The van der Waals surface area contributed by atoms with Crippen molar-refractivity contribution in [3.8, 4) is 23.3 Å². The van der Waals surface area contributed by atoms with Gasteiger partial charge in [-0.15, -0.1) is 11.3 Å². The molecule has 0 saturated carbocycles. The van der Waals surface area contributed by atoms with E-state index in [2.05, 4.69) is 10.3 Å². The average molecular weight is 470 g/mol. The summed E-state index contributed by atoms with van der Waals surface area (Å²) < 4.78 is 16.7. The Bertz CT molecular complexity index is 1160. The number of amides is 1. The topological polar surface area (TPSA) is 93.5 Å². The highest BCUT2D eigenvalue weighted by molar-refractivity contribution is 7.13. The van der Waals surface area contributed by atoms with Gasteiger partial charge in [0.1, 0.15) is 30.6 Å². The lowest BCUT2D eigenvalue weighted by Gasteiger charge is -2.12. The lowest BCUT2D eigenvalue weighted by molar-refractivity contribution is -0.112. The van der Waals surface area contributed by atoms with Crippen LogP contribution in [0.1, 0.15) is 11.1 Å². The van der Waals surface area contributed by atoms with E-state index in [1.807, 2.05) is 31.2 Å². The van der Waals surface area contributed by atoms with Crippen molar-refractivity contribution in [3.05, 3.63) is 69.7 Å².